The lowest BCUT2D eigenvalue weighted by atomic mass is 9.88. The molecule has 6 heteroatoms. The lowest BCUT2D eigenvalue weighted by Crippen LogP contribution is -2.59. The third kappa shape index (κ3) is 4.48. The lowest BCUT2D eigenvalue weighted by molar-refractivity contribution is -0.145. The van der Waals surface area contributed by atoms with Gasteiger partial charge in [-0.3, -0.25) is 4.79 Å². The average Bonchev–Trinajstić information content (AvgIpc) is 2.80. The van der Waals surface area contributed by atoms with Crippen LogP contribution in [0.1, 0.15) is 23.2 Å². The van der Waals surface area contributed by atoms with Gasteiger partial charge in [-0.1, -0.05) is 66.2 Å². The molecule has 0 radical (unpaired) electrons. The highest BCUT2D eigenvalue weighted by atomic mass is 35.5. The van der Waals surface area contributed by atoms with Gasteiger partial charge in [0.1, 0.15) is 5.54 Å². The van der Waals surface area contributed by atoms with Crippen LogP contribution < -0.4 is 10.6 Å². The molecule has 31 heavy (non-hydrogen) atoms. The van der Waals surface area contributed by atoms with Crippen molar-refractivity contribution in [2.75, 3.05) is 13.1 Å². The Morgan fingerprint density at radius 3 is 2.13 bits per heavy atom. The third-order valence-corrected chi connectivity index (χ3v) is 6.08. The van der Waals surface area contributed by atoms with Gasteiger partial charge in [0.2, 0.25) is 0 Å². The summed E-state index contributed by atoms with van der Waals surface area (Å²) in [4.78, 5) is 24.8. The molecule has 0 aliphatic carbocycles. The van der Waals surface area contributed by atoms with Crippen LogP contribution >= 0.6 is 11.6 Å². The molecular weight excluding hydrogens is 412 g/mol. The predicted octanol–water partition coefficient (Wildman–Crippen LogP) is 4.61. The zero-order valence-corrected chi connectivity index (χ0v) is 17.7. The molecule has 3 N–H and O–H groups in total. The molecule has 0 saturated carbocycles. The molecule has 1 aliphatic heterocycles. The summed E-state index contributed by atoms with van der Waals surface area (Å²) in [5.41, 5.74) is 2.95. The summed E-state index contributed by atoms with van der Waals surface area (Å²) >= 11 is 6.43. The number of nitrogens with one attached hydrogen (secondary N) is 2. The Balaban J connectivity index is 1.60. The molecule has 0 aromatic heterocycles. The highest BCUT2D eigenvalue weighted by Gasteiger charge is 2.41. The largest absolute Gasteiger partial charge is 0.480 e. The number of halogens is 1. The summed E-state index contributed by atoms with van der Waals surface area (Å²) in [5.74, 6) is -1.42. The van der Waals surface area contributed by atoms with Crippen LogP contribution in [0.3, 0.4) is 0 Å². The minimum atomic E-state index is -1.25. The smallest absolute Gasteiger partial charge is 0.329 e. The number of carbonyl (C=O) groups excluding carboxylic acids is 1. The maximum Gasteiger partial charge on any atom is 0.329 e. The number of benzene rings is 3. The van der Waals surface area contributed by atoms with E-state index in [1.807, 2.05) is 54.6 Å². The number of carboxylic acid groups (broad SMARTS) is 1. The SMILES string of the molecule is O=C(NC1(C(=O)O)CCNCC1)c1ccc(Cl)c(-c2ccc(-c3ccccc3)cc2)c1. The first-order valence-corrected chi connectivity index (χ1v) is 10.6. The van der Waals surface area contributed by atoms with Gasteiger partial charge in [0.05, 0.1) is 0 Å². The number of piperidine rings is 1. The van der Waals surface area contributed by atoms with E-state index in [2.05, 4.69) is 10.6 Å². The van der Waals surface area contributed by atoms with Gasteiger partial charge in [0.15, 0.2) is 0 Å². The van der Waals surface area contributed by atoms with Gasteiger partial charge in [0.25, 0.3) is 5.91 Å². The fraction of sp³-hybridized carbons (Fsp3) is 0.200. The normalized spacial score (nSPS) is 15.3. The van der Waals surface area contributed by atoms with E-state index in [4.69, 9.17) is 11.6 Å². The molecule has 5 nitrogen and oxygen atoms in total. The number of rotatable bonds is 5. The zero-order valence-electron chi connectivity index (χ0n) is 16.9. The summed E-state index contributed by atoms with van der Waals surface area (Å²) in [6, 6.07) is 23.0. The summed E-state index contributed by atoms with van der Waals surface area (Å²) in [7, 11) is 0. The number of hydrogen-bond acceptors (Lipinski definition) is 3. The van der Waals surface area contributed by atoms with Crippen LogP contribution in [0.2, 0.25) is 5.02 Å². The Morgan fingerprint density at radius 2 is 1.48 bits per heavy atom. The summed E-state index contributed by atoms with van der Waals surface area (Å²) in [6.07, 6.45) is 0.685. The van der Waals surface area contributed by atoms with E-state index in [9.17, 15) is 14.7 Å². The maximum absolute atomic E-state index is 12.9. The van der Waals surface area contributed by atoms with E-state index >= 15 is 0 Å². The Hall–Kier alpha value is -3.15. The first-order valence-electron chi connectivity index (χ1n) is 10.2. The lowest BCUT2D eigenvalue weighted by Gasteiger charge is -2.34. The van der Waals surface area contributed by atoms with E-state index in [0.29, 0.717) is 36.5 Å². The van der Waals surface area contributed by atoms with Gasteiger partial charge < -0.3 is 15.7 Å². The van der Waals surface area contributed by atoms with Crippen molar-refractivity contribution in [1.29, 1.82) is 0 Å². The van der Waals surface area contributed by atoms with E-state index < -0.39 is 17.4 Å². The van der Waals surface area contributed by atoms with Gasteiger partial charge in [-0.2, -0.15) is 0 Å². The first kappa shape index (κ1) is 21.1. The Labute approximate surface area is 186 Å². The van der Waals surface area contributed by atoms with E-state index in [0.717, 1.165) is 22.3 Å². The molecular formula is C25H23ClN2O3. The first-order chi connectivity index (χ1) is 15.0. The Kier molecular flexibility index (Phi) is 6.07. The summed E-state index contributed by atoms with van der Waals surface area (Å²) in [6.45, 7) is 1.10. The molecule has 1 fully saturated rings. The Morgan fingerprint density at radius 1 is 0.871 bits per heavy atom. The molecule has 0 bridgehead atoms. The number of amides is 1. The fourth-order valence-electron chi connectivity index (χ4n) is 3.90. The summed E-state index contributed by atoms with van der Waals surface area (Å²) in [5, 5.41) is 16.1. The molecule has 0 spiro atoms. The van der Waals surface area contributed by atoms with Crippen LogP contribution in [0.25, 0.3) is 22.3 Å². The molecule has 3 aromatic rings. The monoisotopic (exact) mass is 434 g/mol. The van der Waals surface area contributed by atoms with E-state index in [1.54, 1.807) is 18.2 Å². The van der Waals surface area contributed by atoms with Crippen molar-refractivity contribution in [2.45, 2.75) is 18.4 Å². The molecule has 1 amide bonds. The minimum absolute atomic E-state index is 0.343. The van der Waals surface area contributed by atoms with Gasteiger partial charge in [-0.05, 0) is 60.8 Å². The van der Waals surface area contributed by atoms with Gasteiger partial charge >= 0.3 is 5.97 Å². The van der Waals surface area contributed by atoms with Crippen LogP contribution in [0.5, 0.6) is 0 Å². The topological polar surface area (TPSA) is 78.4 Å². The highest BCUT2D eigenvalue weighted by molar-refractivity contribution is 6.33. The molecule has 0 unspecified atom stereocenters. The molecule has 0 atom stereocenters. The molecule has 4 rings (SSSR count). The molecule has 158 valence electrons. The molecule has 1 saturated heterocycles. The van der Waals surface area contributed by atoms with Crippen LogP contribution in [0, 0.1) is 0 Å². The van der Waals surface area contributed by atoms with Crippen LogP contribution in [0.4, 0.5) is 0 Å². The Bertz CT molecular complexity index is 1090. The molecule has 1 heterocycles. The second-order valence-electron chi connectivity index (χ2n) is 7.73. The van der Waals surface area contributed by atoms with Crippen molar-refractivity contribution in [2.24, 2.45) is 0 Å². The number of carbonyl (C=O) groups is 2. The standard InChI is InChI=1S/C25H23ClN2O3/c26-22-11-10-20(23(29)28-25(24(30)31)12-14-27-15-13-25)16-21(22)19-8-6-18(7-9-19)17-4-2-1-3-5-17/h1-11,16,27H,12-15H2,(H,28,29)(H,30,31). The van der Waals surface area contributed by atoms with E-state index in [-0.39, 0.29) is 0 Å². The van der Waals surface area contributed by atoms with Crippen molar-refractivity contribution in [3.8, 4) is 22.3 Å². The van der Waals surface area contributed by atoms with E-state index in [1.165, 1.54) is 0 Å². The highest BCUT2D eigenvalue weighted by Crippen LogP contribution is 2.31. The van der Waals surface area contributed by atoms with Crippen molar-refractivity contribution < 1.29 is 14.7 Å². The minimum Gasteiger partial charge on any atom is -0.480 e. The van der Waals surface area contributed by atoms with Gasteiger partial charge in [-0.25, -0.2) is 4.79 Å². The van der Waals surface area contributed by atoms with Crippen molar-refractivity contribution in [3.63, 3.8) is 0 Å². The third-order valence-electron chi connectivity index (χ3n) is 5.75. The predicted molar refractivity (Wildman–Crippen MR) is 122 cm³/mol. The fourth-order valence-corrected chi connectivity index (χ4v) is 4.12. The van der Waals surface area contributed by atoms with Gasteiger partial charge in [0, 0.05) is 16.1 Å². The average molecular weight is 435 g/mol. The van der Waals surface area contributed by atoms with Crippen LogP contribution in [-0.4, -0.2) is 35.6 Å². The second kappa shape index (κ2) is 8.92. The van der Waals surface area contributed by atoms with Crippen LogP contribution in [-0.2, 0) is 4.79 Å². The maximum atomic E-state index is 12.9. The quantitative estimate of drug-likeness (QED) is 0.548. The zero-order chi connectivity index (χ0) is 21.8. The number of aliphatic carboxylic acids is 1. The number of hydrogen-bond donors (Lipinski definition) is 3. The van der Waals surface area contributed by atoms with Crippen molar-refractivity contribution in [1.82, 2.24) is 10.6 Å². The van der Waals surface area contributed by atoms with Gasteiger partial charge in [-0.15, -0.1) is 0 Å². The number of carboxylic acids is 1. The molecule has 3 aromatic carbocycles. The van der Waals surface area contributed by atoms with Crippen LogP contribution in [0.15, 0.2) is 72.8 Å². The second-order valence-corrected chi connectivity index (χ2v) is 8.14. The summed E-state index contributed by atoms with van der Waals surface area (Å²) < 4.78 is 0. The molecule has 1 aliphatic rings. The van der Waals surface area contributed by atoms with Crippen molar-refractivity contribution >= 4 is 23.5 Å². The van der Waals surface area contributed by atoms with Crippen molar-refractivity contribution in [3.05, 3.63) is 83.4 Å².